The van der Waals surface area contributed by atoms with Crippen LogP contribution in [-0.2, 0) is 5.41 Å². The third-order valence-corrected chi connectivity index (χ3v) is 2.14. The molecule has 0 aromatic carbocycles. The topological polar surface area (TPSA) is 28.7 Å². The Labute approximate surface area is 80.8 Å². The molecule has 13 heavy (non-hydrogen) atoms. The first-order valence-electron chi connectivity index (χ1n) is 4.89. The van der Waals surface area contributed by atoms with Gasteiger partial charge in [0, 0.05) is 11.1 Å². The summed E-state index contributed by atoms with van der Waals surface area (Å²) < 4.78 is 0. The first-order valence-corrected chi connectivity index (χ1v) is 4.89. The minimum Gasteiger partial charge on any atom is -0.346 e. The Kier molecular flexibility index (Phi) is 2.51. The Balaban J connectivity index is 3.20. The number of rotatable bonds is 1. The van der Waals surface area contributed by atoms with Crippen LogP contribution in [0.25, 0.3) is 0 Å². The summed E-state index contributed by atoms with van der Waals surface area (Å²) in [5.74, 6) is 1.55. The van der Waals surface area contributed by atoms with Crippen molar-refractivity contribution < 1.29 is 0 Å². The highest BCUT2D eigenvalue weighted by Gasteiger charge is 2.23. The number of imidazole rings is 1. The molecule has 0 bridgehead atoms. The third-order valence-electron chi connectivity index (χ3n) is 2.14. The average molecular weight is 180 g/mol. The van der Waals surface area contributed by atoms with Crippen LogP contribution in [0.1, 0.15) is 57.7 Å². The summed E-state index contributed by atoms with van der Waals surface area (Å²) in [6.07, 6.45) is 0. The standard InChI is InChI=1S/C11H20N2/c1-7(2)9-10(11(4,5)6)13-8(3)12-9/h7H,1-6H3,(H,12,13). The Morgan fingerprint density at radius 3 is 2.08 bits per heavy atom. The Morgan fingerprint density at radius 1 is 1.23 bits per heavy atom. The Morgan fingerprint density at radius 2 is 1.77 bits per heavy atom. The van der Waals surface area contributed by atoms with Crippen molar-refractivity contribution in [2.45, 2.75) is 52.9 Å². The number of nitrogens with zero attached hydrogens (tertiary/aromatic N) is 1. The second kappa shape index (κ2) is 3.17. The van der Waals surface area contributed by atoms with Gasteiger partial charge >= 0.3 is 0 Å². The van der Waals surface area contributed by atoms with E-state index in [4.69, 9.17) is 0 Å². The van der Waals surface area contributed by atoms with Crippen molar-refractivity contribution in [3.05, 3.63) is 17.2 Å². The molecule has 0 fully saturated rings. The molecular weight excluding hydrogens is 160 g/mol. The molecule has 0 saturated carbocycles. The Hall–Kier alpha value is -0.790. The summed E-state index contributed by atoms with van der Waals surface area (Å²) in [6, 6.07) is 0. The molecule has 0 radical (unpaired) electrons. The van der Waals surface area contributed by atoms with E-state index in [0.29, 0.717) is 5.92 Å². The summed E-state index contributed by atoms with van der Waals surface area (Å²) in [6.45, 7) is 13.0. The van der Waals surface area contributed by atoms with Crippen LogP contribution in [-0.4, -0.2) is 9.97 Å². The molecule has 0 unspecified atom stereocenters. The number of aryl methyl sites for hydroxylation is 1. The number of aromatic nitrogens is 2. The largest absolute Gasteiger partial charge is 0.346 e. The zero-order valence-electron chi connectivity index (χ0n) is 9.52. The molecule has 1 rings (SSSR count). The van der Waals surface area contributed by atoms with E-state index in [-0.39, 0.29) is 5.41 Å². The fraction of sp³-hybridized carbons (Fsp3) is 0.727. The SMILES string of the molecule is Cc1nc(C(C)(C)C)c(C(C)C)[nH]1. The van der Waals surface area contributed by atoms with Gasteiger partial charge in [0.1, 0.15) is 5.82 Å². The van der Waals surface area contributed by atoms with Crippen LogP contribution in [0.4, 0.5) is 0 Å². The summed E-state index contributed by atoms with van der Waals surface area (Å²) >= 11 is 0. The monoisotopic (exact) mass is 180 g/mol. The van der Waals surface area contributed by atoms with Gasteiger partial charge in [0.15, 0.2) is 0 Å². The highest BCUT2D eigenvalue weighted by atomic mass is 14.9. The lowest BCUT2D eigenvalue weighted by Crippen LogP contribution is -2.15. The van der Waals surface area contributed by atoms with Crippen molar-refractivity contribution in [2.75, 3.05) is 0 Å². The van der Waals surface area contributed by atoms with Crippen LogP contribution in [0.3, 0.4) is 0 Å². The third kappa shape index (κ3) is 2.11. The van der Waals surface area contributed by atoms with Crippen LogP contribution < -0.4 is 0 Å². The highest BCUT2D eigenvalue weighted by Crippen LogP contribution is 2.28. The van der Waals surface area contributed by atoms with Crippen LogP contribution >= 0.6 is 0 Å². The van der Waals surface area contributed by atoms with Crippen LogP contribution in [0.2, 0.25) is 0 Å². The molecule has 0 saturated heterocycles. The van der Waals surface area contributed by atoms with E-state index in [1.807, 2.05) is 6.92 Å². The summed E-state index contributed by atoms with van der Waals surface area (Å²) in [5.41, 5.74) is 2.63. The van der Waals surface area contributed by atoms with Crippen molar-refractivity contribution in [3.63, 3.8) is 0 Å². The smallest absolute Gasteiger partial charge is 0.103 e. The lowest BCUT2D eigenvalue weighted by molar-refractivity contribution is 0.558. The summed E-state index contributed by atoms with van der Waals surface area (Å²) in [7, 11) is 0. The second-order valence-electron chi connectivity index (χ2n) is 4.99. The van der Waals surface area contributed by atoms with E-state index >= 15 is 0 Å². The number of hydrogen-bond donors (Lipinski definition) is 1. The van der Waals surface area contributed by atoms with E-state index in [2.05, 4.69) is 44.6 Å². The summed E-state index contributed by atoms with van der Waals surface area (Å²) in [4.78, 5) is 7.89. The molecule has 0 aliphatic rings. The number of aromatic amines is 1. The maximum Gasteiger partial charge on any atom is 0.103 e. The van der Waals surface area contributed by atoms with E-state index in [9.17, 15) is 0 Å². The van der Waals surface area contributed by atoms with Crippen molar-refractivity contribution in [1.82, 2.24) is 9.97 Å². The van der Waals surface area contributed by atoms with Gasteiger partial charge in [0.25, 0.3) is 0 Å². The molecule has 0 amide bonds. The van der Waals surface area contributed by atoms with Crippen molar-refractivity contribution >= 4 is 0 Å². The van der Waals surface area contributed by atoms with E-state index in [0.717, 1.165) is 5.82 Å². The zero-order chi connectivity index (χ0) is 10.2. The van der Waals surface area contributed by atoms with Crippen LogP contribution in [0.15, 0.2) is 0 Å². The van der Waals surface area contributed by atoms with E-state index in [1.165, 1.54) is 11.4 Å². The minimum absolute atomic E-state index is 0.143. The molecule has 1 aromatic heterocycles. The van der Waals surface area contributed by atoms with Gasteiger partial charge < -0.3 is 4.98 Å². The van der Waals surface area contributed by atoms with Gasteiger partial charge in [0.05, 0.1) is 5.69 Å². The van der Waals surface area contributed by atoms with E-state index < -0.39 is 0 Å². The van der Waals surface area contributed by atoms with Gasteiger partial charge in [-0.1, -0.05) is 34.6 Å². The lowest BCUT2D eigenvalue weighted by Gasteiger charge is -2.18. The highest BCUT2D eigenvalue weighted by molar-refractivity contribution is 5.24. The van der Waals surface area contributed by atoms with Gasteiger partial charge in [-0.05, 0) is 12.8 Å². The molecule has 74 valence electrons. The first-order chi connectivity index (χ1) is 5.82. The predicted molar refractivity (Wildman–Crippen MR) is 56.1 cm³/mol. The number of hydrogen-bond acceptors (Lipinski definition) is 1. The van der Waals surface area contributed by atoms with Gasteiger partial charge in [0.2, 0.25) is 0 Å². The summed E-state index contributed by atoms with van der Waals surface area (Å²) in [5, 5.41) is 0. The fourth-order valence-corrected chi connectivity index (χ4v) is 1.50. The molecule has 0 spiro atoms. The molecule has 1 heterocycles. The molecule has 1 N–H and O–H groups in total. The van der Waals surface area contributed by atoms with Gasteiger partial charge in [-0.3, -0.25) is 0 Å². The zero-order valence-corrected chi connectivity index (χ0v) is 9.52. The van der Waals surface area contributed by atoms with E-state index in [1.54, 1.807) is 0 Å². The number of H-pyrrole nitrogens is 1. The quantitative estimate of drug-likeness (QED) is 0.706. The molecule has 0 aliphatic heterocycles. The predicted octanol–water partition coefficient (Wildman–Crippen LogP) is 3.14. The lowest BCUT2D eigenvalue weighted by atomic mass is 9.88. The van der Waals surface area contributed by atoms with Crippen molar-refractivity contribution in [3.8, 4) is 0 Å². The molecule has 2 nitrogen and oxygen atoms in total. The number of nitrogens with one attached hydrogen (secondary N) is 1. The second-order valence-corrected chi connectivity index (χ2v) is 4.99. The van der Waals surface area contributed by atoms with Crippen LogP contribution in [0, 0.1) is 6.92 Å². The van der Waals surface area contributed by atoms with Crippen molar-refractivity contribution in [1.29, 1.82) is 0 Å². The molecule has 0 atom stereocenters. The maximum absolute atomic E-state index is 4.55. The fourth-order valence-electron chi connectivity index (χ4n) is 1.50. The molecule has 1 aromatic rings. The van der Waals surface area contributed by atoms with Crippen molar-refractivity contribution in [2.24, 2.45) is 0 Å². The van der Waals surface area contributed by atoms with Crippen LogP contribution in [0.5, 0.6) is 0 Å². The maximum atomic E-state index is 4.55. The van der Waals surface area contributed by atoms with Gasteiger partial charge in [-0.15, -0.1) is 0 Å². The molecular formula is C11H20N2. The molecule has 2 heteroatoms. The molecule has 0 aliphatic carbocycles. The Bertz CT molecular complexity index is 290. The average Bonchev–Trinajstić information content (AvgIpc) is 2.29. The minimum atomic E-state index is 0.143. The normalized spacial score (nSPS) is 12.5. The first kappa shape index (κ1) is 10.3. The van der Waals surface area contributed by atoms with Gasteiger partial charge in [-0.25, -0.2) is 4.98 Å². The van der Waals surface area contributed by atoms with Gasteiger partial charge in [-0.2, -0.15) is 0 Å².